The van der Waals surface area contributed by atoms with Gasteiger partial charge in [-0.25, -0.2) is 4.98 Å². The second-order valence-electron chi connectivity index (χ2n) is 9.85. The van der Waals surface area contributed by atoms with E-state index in [2.05, 4.69) is 49.9 Å². The van der Waals surface area contributed by atoms with Gasteiger partial charge in [-0.2, -0.15) is 4.98 Å². The van der Waals surface area contributed by atoms with E-state index >= 15 is 0 Å². The van der Waals surface area contributed by atoms with E-state index in [1.807, 2.05) is 49.5 Å². The quantitative estimate of drug-likeness (QED) is 0.336. The number of halogens is 1. The second kappa shape index (κ2) is 10.6. The van der Waals surface area contributed by atoms with Gasteiger partial charge in [0.05, 0.1) is 12.4 Å². The highest BCUT2D eigenvalue weighted by Crippen LogP contribution is 2.30. The van der Waals surface area contributed by atoms with Gasteiger partial charge in [-0.15, -0.1) is 0 Å². The number of hydrogen-bond donors (Lipinski definition) is 3. The Balaban J connectivity index is 1.28. The zero-order chi connectivity index (χ0) is 26.9. The van der Waals surface area contributed by atoms with E-state index in [-0.39, 0.29) is 5.56 Å². The molecule has 2 aliphatic rings. The maximum atomic E-state index is 13.6. The number of anilines is 3. The van der Waals surface area contributed by atoms with E-state index in [4.69, 9.17) is 16.6 Å². The molecule has 0 bridgehead atoms. The van der Waals surface area contributed by atoms with Crippen LogP contribution in [0.3, 0.4) is 0 Å². The van der Waals surface area contributed by atoms with Gasteiger partial charge in [0.1, 0.15) is 5.65 Å². The largest absolute Gasteiger partial charge is 0.372 e. The highest BCUT2D eigenvalue weighted by molar-refractivity contribution is 6.33. The number of rotatable bonds is 6. The van der Waals surface area contributed by atoms with Gasteiger partial charge in [-0.1, -0.05) is 23.7 Å². The number of pyridine rings is 1. The number of aromatic nitrogens is 3. The van der Waals surface area contributed by atoms with Gasteiger partial charge in [0, 0.05) is 83.6 Å². The first-order valence-corrected chi connectivity index (χ1v) is 13.6. The van der Waals surface area contributed by atoms with Crippen molar-refractivity contribution in [3.05, 3.63) is 81.9 Å². The molecule has 0 aliphatic carbocycles. The molecule has 0 unspecified atom stereocenters. The Morgan fingerprint density at radius 1 is 1.03 bits per heavy atom. The third-order valence-electron chi connectivity index (χ3n) is 7.33. The molecule has 0 atom stereocenters. The lowest BCUT2D eigenvalue weighted by molar-refractivity contribution is 0.313. The molecule has 0 saturated carbocycles. The van der Waals surface area contributed by atoms with Crippen LogP contribution in [0.4, 0.5) is 17.3 Å². The van der Waals surface area contributed by atoms with Gasteiger partial charge in [0.15, 0.2) is 0 Å². The summed E-state index contributed by atoms with van der Waals surface area (Å²) < 4.78 is 1.67. The number of piperazine rings is 1. The second-order valence-corrected chi connectivity index (χ2v) is 10.3. The molecule has 2 aromatic heterocycles. The molecule has 1 fully saturated rings. The fraction of sp³-hybridized carbons (Fsp3) is 0.276. The summed E-state index contributed by atoms with van der Waals surface area (Å²) in [5, 5.41) is 11.0. The highest BCUT2D eigenvalue weighted by atomic mass is 35.5. The third kappa shape index (κ3) is 5.03. The summed E-state index contributed by atoms with van der Waals surface area (Å²) in [5.74, 6) is 0.442. The zero-order valence-electron chi connectivity index (χ0n) is 22.0. The normalized spacial score (nSPS) is 15.7. The van der Waals surface area contributed by atoms with Crippen molar-refractivity contribution in [3.8, 4) is 11.1 Å². The number of likely N-dealkylation sites (N-methyl/N-ethyl adjacent to an activating group) is 1. The molecule has 3 N–H and O–H groups in total. The molecule has 0 amide bonds. The predicted molar refractivity (Wildman–Crippen MR) is 158 cm³/mol. The van der Waals surface area contributed by atoms with E-state index in [0.717, 1.165) is 48.5 Å². The molecule has 200 valence electrons. The molecular weight excluding hydrogens is 512 g/mol. The molecule has 2 aliphatic heterocycles. The number of hydrogen-bond acceptors (Lipinski definition) is 8. The van der Waals surface area contributed by atoms with Crippen molar-refractivity contribution in [2.24, 2.45) is 0 Å². The van der Waals surface area contributed by atoms with E-state index < -0.39 is 0 Å². The Labute approximate surface area is 232 Å². The van der Waals surface area contributed by atoms with E-state index in [9.17, 15) is 4.79 Å². The van der Waals surface area contributed by atoms with Crippen LogP contribution in [-0.2, 0) is 6.54 Å². The zero-order valence-corrected chi connectivity index (χ0v) is 22.8. The monoisotopic (exact) mass is 542 g/mol. The van der Waals surface area contributed by atoms with Crippen LogP contribution in [0.25, 0.3) is 27.9 Å². The van der Waals surface area contributed by atoms with Crippen LogP contribution < -0.4 is 26.4 Å². The Bertz CT molecular complexity index is 1610. The highest BCUT2D eigenvalue weighted by Gasteiger charge is 2.17. The van der Waals surface area contributed by atoms with Gasteiger partial charge >= 0.3 is 0 Å². The van der Waals surface area contributed by atoms with E-state index in [1.165, 1.54) is 5.69 Å². The van der Waals surface area contributed by atoms with Crippen LogP contribution in [0.15, 0.2) is 65.7 Å². The van der Waals surface area contributed by atoms with Crippen molar-refractivity contribution < 1.29 is 0 Å². The smallest absolute Gasteiger partial charge is 0.260 e. The Morgan fingerprint density at radius 3 is 2.51 bits per heavy atom. The van der Waals surface area contributed by atoms with Crippen molar-refractivity contribution in [2.75, 3.05) is 50.1 Å². The fourth-order valence-electron chi connectivity index (χ4n) is 5.09. The lowest BCUT2D eigenvalue weighted by Crippen LogP contribution is -2.44. The first-order chi connectivity index (χ1) is 19.0. The molecule has 39 heavy (non-hydrogen) atoms. The van der Waals surface area contributed by atoms with E-state index in [0.29, 0.717) is 41.0 Å². The molecular formula is C29H31ClN8O. The van der Waals surface area contributed by atoms with E-state index in [1.54, 1.807) is 10.8 Å². The molecule has 4 aromatic rings. The van der Waals surface area contributed by atoms with Gasteiger partial charge in [0.25, 0.3) is 5.56 Å². The standard InChI is InChI=1S/C29H31ClN8O/c1-3-38-27-20(14-24(28(38)39)23-9-4-19(15-25(23)30)26-17-31-18-33-26)16-32-29(35-27)34-21-5-7-22(8-6-21)37-12-10-36(2)11-13-37/h4-9,14-17,31,33H,3,10-13,18H2,1-2H3,(H,32,34,35). The van der Waals surface area contributed by atoms with Crippen LogP contribution in [0.1, 0.15) is 12.5 Å². The molecule has 4 heterocycles. The lowest BCUT2D eigenvalue weighted by Gasteiger charge is -2.34. The molecule has 0 spiro atoms. The summed E-state index contributed by atoms with van der Waals surface area (Å²) >= 11 is 6.67. The Hall–Kier alpha value is -4.08. The van der Waals surface area contributed by atoms with Crippen molar-refractivity contribution >= 4 is 45.7 Å². The summed E-state index contributed by atoms with van der Waals surface area (Å²) in [4.78, 5) is 27.6. The number of benzene rings is 2. The van der Waals surface area contributed by atoms with Gasteiger partial charge in [-0.3, -0.25) is 9.36 Å². The van der Waals surface area contributed by atoms with Crippen molar-refractivity contribution in [1.29, 1.82) is 0 Å². The number of nitrogens with one attached hydrogen (secondary N) is 3. The van der Waals surface area contributed by atoms with Crippen LogP contribution in [0.5, 0.6) is 0 Å². The molecule has 1 saturated heterocycles. The topological polar surface area (TPSA) is 90.3 Å². The minimum atomic E-state index is -0.138. The fourth-order valence-corrected chi connectivity index (χ4v) is 5.37. The summed E-state index contributed by atoms with van der Waals surface area (Å²) in [6, 6.07) is 15.9. The van der Waals surface area contributed by atoms with Crippen molar-refractivity contribution in [2.45, 2.75) is 13.5 Å². The molecule has 9 nitrogen and oxygen atoms in total. The molecule has 10 heteroatoms. The summed E-state index contributed by atoms with van der Waals surface area (Å²) in [5.41, 5.74) is 5.68. The lowest BCUT2D eigenvalue weighted by atomic mass is 10.0. The SMILES string of the molecule is CCn1c(=O)c(-c2ccc(C3=CNCN3)cc2Cl)cc2cnc(Nc3ccc(N4CCN(C)CC4)cc3)nc21. The first-order valence-electron chi connectivity index (χ1n) is 13.2. The number of fused-ring (bicyclic) bond motifs is 1. The van der Waals surface area contributed by atoms with Gasteiger partial charge < -0.3 is 25.8 Å². The van der Waals surface area contributed by atoms with Crippen LogP contribution in [-0.4, -0.2) is 59.3 Å². The first kappa shape index (κ1) is 25.2. The van der Waals surface area contributed by atoms with Gasteiger partial charge in [0.2, 0.25) is 5.95 Å². The maximum Gasteiger partial charge on any atom is 0.260 e. The van der Waals surface area contributed by atoms with Crippen LogP contribution >= 0.6 is 11.6 Å². The molecule has 6 rings (SSSR count). The third-order valence-corrected chi connectivity index (χ3v) is 7.65. The number of aryl methyl sites for hydroxylation is 1. The minimum absolute atomic E-state index is 0.138. The summed E-state index contributed by atoms with van der Waals surface area (Å²) in [7, 11) is 2.16. The van der Waals surface area contributed by atoms with Crippen LogP contribution in [0, 0.1) is 0 Å². The van der Waals surface area contributed by atoms with Crippen molar-refractivity contribution in [1.82, 2.24) is 30.1 Å². The predicted octanol–water partition coefficient (Wildman–Crippen LogP) is 4.08. The van der Waals surface area contributed by atoms with Crippen LogP contribution in [0.2, 0.25) is 5.02 Å². The maximum absolute atomic E-state index is 13.6. The summed E-state index contributed by atoms with van der Waals surface area (Å²) in [6.45, 7) is 7.27. The van der Waals surface area contributed by atoms with Gasteiger partial charge in [-0.05, 0) is 50.4 Å². The average molecular weight is 543 g/mol. The Kier molecular flexibility index (Phi) is 6.85. The van der Waals surface area contributed by atoms with Crippen molar-refractivity contribution in [3.63, 3.8) is 0 Å². The average Bonchev–Trinajstić information content (AvgIpc) is 3.49. The molecule has 2 aromatic carbocycles. The minimum Gasteiger partial charge on any atom is -0.372 e. The number of nitrogens with zero attached hydrogens (tertiary/aromatic N) is 5. The molecule has 0 radical (unpaired) electrons. The summed E-state index contributed by atoms with van der Waals surface area (Å²) in [6.07, 6.45) is 3.66. The Morgan fingerprint density at radius 2 is 1.82 bits per heavy atom.